The number of halogens is 1. The predicted octanol–water partition coefficient (Wildman–Crippen LogP) is 3.76. The van der Waals surface area contributed by atoms with E-state index >= 15 is 0 Å². The number of pyridine rings is 1. The van der Waals surface area contributed by atoms with Crippen LogP contribution in [0.5, 0.6) is 0 Å². The number of piperazine rings is 1. The number of hydrogen-bond acceptors (Lipinski definition) is 6. The van der Waals surface area contributed by atoms with Gasteiger partial charge < -0.3 is 9.32 Å². The number of anilines is 1. The third-order valence-electron chi connectivity index (χ3n) is 5.72. The van der Waals surface area contributed by atoms with Gasteiger partial charge in [-0.2, -0.15) is 0 Å². The van der Waals surface area contributed by atoms with Gasteiger partial charge >= 0.3 is 5.76 Å². The molecule has 0 amide bonds. The van der Waals surface area contributed by atoms with Gasteiger partial charge in [-0.3, -0.25) is 14.3 Å². The normalized spacial score (nSPS) is 14.7. The van der Waals surface area contributed by atoms with Crippen LogP contribution in [0.4, 0.5) is 5.82 Å². The number of aromatic nitrogens is 2. The van der Waals surface area contributed by atoms with Gasteiger partial charge in [-0.15, -0.1) is 0 Å². The molecule has 0 aliphatic carbocycles. The van der Waals surface area contributed by atoms with Gasteiger partial charge in [0.2, 0.25) is 0 Å². The van der Waals surface area contributed by atoms with Crippen molar-refractivity contribution in [2.45, 2.75) is 6.67 Å². The molecule has 2 aromatic heterocycles. The summed E-state index contributed by atoms with van der Waals surface area (Å²) in [6, 6.07) is 18.3. The smallest absolute Gasteiger partial charge is 0.408 e. The Hall–Kier alpha value is -3.23. The Balaban J connectivity index is 1.32. The summed E-state index contributed by atoms with van der Waals surface area (Å²) in [5, 5.41) is 0. The molecule has 8 heteroatoms. The van der Waals surface area contributed by atoms with Gasteiger partial charge in [-0.05, 0) is 54.6 Å². The predicted molar refractivity (Wildman–Crippen MR) is 126 cm³/mol. The molecule has 32 heavy (non-hydrogen) atoms. The van der Waals surface area contributed by atoms with Crippen LogP contribution in [-0.4, -0.2) is 46.4 Å². The van der Waals surface area contributed by atoms with Gasteiger partial charge in [0.05, 0.1) is 12.2 Å². The van der Waals surface area contributed by atoms with Crippen molar-refractivity contribution in [1.29, 1.82) is 0 Å². The van der Waals surface area contributed by atoms with Crippen molar-refractivity contribution in [3.05, 3.63) is 93.0 Å². The van der Waals surface area contributed by atoms with E-state index in [9.17, 15) is 9.59 Å². The topological polar surface area (TPSA) is 71.6 Å². The minimum Gasteiger partial charge on any atom is -0.408 e. The minimum atomic E-state index is -0.416. The average molecular weight is 493 g/mol. The molecule has 0 saturated carbocycles. The Morgan fingerprint density at radius 1 is 0.969 bits per heavy atom. The van der Waals surface area contributed by atoms with Gasteiger partial charge in [-0.25, -0.2) is 9.78 Å². The van der Waals surface area contributed by atoms with Crippen molar-refractivity contribution in [2.75, 3.05) is 31.1 Å². The Bertz CT molecular complexity index is 1310. The molecule has 1 aliphatic heterocycles. The van der Waals surface area contributed by atoms with Crippen molar-refractivity contribution < 1.29 is 9.21 Å². The molecule has 7 nitrogen and oxygen atoms in total. The monoisotopic (exact) mass is 492 g/mol. The highest BCUT2D eigenvalue weighted by Gasteiger charge is 2.21. The molecule has 0 radical (unpaired) electrons. The maximum absolute atomic E-state index is 12.8. The molecule has 0 spiro atoms. The number of carbonyl (C=O) groups excluding carboxylic acids is 1. The second-order valence-corrected chi connectivity index (χ2v) is 8.66. The third-order valence-corrected chi connectivity index (χ3v) is 6.25. The van der Waals surface area contributed by atoms with Crippen LogP contribution < -0.4 is 10.7 Å². The third kappa shape index (κ3) is 4.11. The molecule has 1 aliphatic rings. The molecule has 1 saturated heterocycles. The van der Waals surface area contributed by atoms with Crippen molar-refractivity contribution >= 4 is 38.6 Å². The Morgan fingerprint density at radius 3 is 2.44 bits per heavy atom. The number of rotatable bonds is 5. The van der Waals surface area contributed by atoms with Gasteiger partial charge in [0.1, 0.15) is 5.82 Å². The number of nitrogens with zero attached hydrogens (tertiary/aromatic N) is 4. The zero-order valence-electron chi connectivity index (χ0n) is 17.3. The molecule has 0 unspecified atom stereocenters. The Labute approximate surface area is 193 Å². The molecule has 5 rings (SSSR count). The van der Waals surface area contributed by atoms with E-state index in [1.54, 1.807) is 41.1 Å². The zero-order chi connectivity index (χ0) is 22.1. The fourth-order valence-corrected chi connectivity index (χ4v) is 4.23. The van der Waals surface area contributed by atoms with E-state index in [-0.39, 0.29) is 5.78 Å². The van der Waals surface area contributed by atoms with Crippen LogP contribution in [0.3, 0.4) is 0 Å². The molecule has 4 aromatic rings. The van der Waals surface area contributed by atoms with E-state index in [2.05, 4.69) is 30.7 Å². The van der Waals surface area contributed by atoms with Crippen LogP contribution in [0.25, 0.3) is 11.1 Å². The first kappa shape index (κ1) is 20.7. The highest BCUT2D eigenvalue weighted by atomic mass is 79.9. The fraction of sp³-hybridized carbons (Fsp3) is 0.208. The lowest BCUT2D eigenvalue weighted by atomic mass is 10.0. The largest absolute Gasteiger partial charge is 0.421 e. The lowest BCUT2D eigenvalue weighted by molar-refractivity contribution is 0.103. The summed E-state index contributed by atoms with van der Waals surface area (Å²) in [5.41, 5.74) is 2.18. The van der Waals surface area contributed by atoms with Crippen LogP contribution in [0, 0.1) is 0 Å². The van der Waals surface area contributed by atoms with Gasteiger partial charge in [0.25, 0.3) is 0 Å². The number of hydrogen-bond donors (Lipinski definition) is 0. The SMILES string of the molecule is O=C(c1ccc(Br)cc1)c1ccc2c(c1)oc(=O)n2CN1CCN(c2ccccn2)CC1. The lowest BCUT2D eigenvalue weighted by Gasteiger charge is -2.35. The van der Waals surface area contributed by atoms with E-state index in [4.69, 9.17) is 4.42 Å². The molecular weight excluding hydrogens is 472 g/mol. The first-order chi connectivity index (χ1) is 15.6. The maximum atomic E-state index is 12.8. The number of benzene rings is 2. The van der Waals surface area contributed by atoms with Crippen molar-refractivity contribution in [3.8, 4) is 0 Å². The number of ketones is 1. The fourth-order valence-electron chi connectivity index (χ4n) is 3.97. The highest BCUT2D eigenvalue weighted by molar-refractivity contribution is 9.10. The molecule has 0 N–H and O–H groups in total. The summed E-state index contributed by atoms with van der Waals surface area (Å²) in [5.74, 6) is 0.446. The molecule has 162 valence electrons. The van der Waals surface area contributed by atoms with Crippen LogP contribution in [0.2, 0.25) is 0 Å². The van der Waals surface area contributed by atoms with E-state index < -0.39 is 5.76 Å². The summed E-state index contributed by atoms with van der Waals surface area (Å²) >= 11 is 3.38. The lowest BCUT2D eigenvalue weighted by Crippen LogP contribution is -2.47. The summed E-state index contributed by atoms with van der Waals surface area (Å²) < 4.78 is 8.01. The molecule has 0 bridgehead atoms. The number of oxazole rings is 1. The van der Waals surface area contributed by atoms with Crippen molar-refractivity contribution in [1.82, 2.24) is 14.5 Å². The van der Waals surface area contributed by atoms with Crippen LogP contribution in [0.15, 0.2) is 80.5 Å². The summed E-state index contributed by atoms with van der Waals surface area (Å²) in [4.78, 5) is 34.2. The standard InChI is InChI=1S/C24H21BrN4O3/c25-19-7-4-17(5-8-19)23(30)18-6-9-20-21(15-18)32-24(31)29(20)16-27-11-13-28(14-12-27)22-3-1-2-10-26-22/h1-10,15H,11-14,16H2. The van der Waals surface area contributed by atoms with E-state index in [1.165, 1.54) is 0 Å². The number of fused-ring (bicyclic) bond motifs is 1. The molecule has 2 aromatic carbocycles. The van der Waals surface area contributed by atoms with Gasteiger partial charge in [-0.1, -0.05) is 22.0 Å². The average Bonchev–Trinajstić information content (AvgIpc) is 3.14. The molecule has 3 heterocycles. The Morgan fingerprint density at radius 2 is 1.72 bits per heavy atom. The summed E-state index contributed by atoms with van der Waals surface area (Å²) in [6.45, 7) is 3.76. The van der Waals surface area contributed by atoms with Crippen molar-refractivity contribution in [3.63, 3.8) is 0 Å². The van der Waals surface area contributed by atoms with Gasteiger partial charge in [0, 0.05) is 48.0 Å². The first-order valence-corrected chi connectivity index (χ1v) is 11.2. The van der Waals surface area contributed by atoms with Gasteiger partial charge in [0.15, 0.2) is 11.4 Å². The van der Waals surface area contributed by atoms with E-state index in [0.29, 0.717) is 28.9 Å². The first-order valence-electron chi connectivity index (χ1n) is 10.4. The summed E-state index contributed by atoms with van der Waals surface area (Å²) in [6.07, 6.45) is 1.80. The van der Waals surface area contributed by atoms with Crippen LogP contribution >= 0.6 is 15.9 Å². The molecular formula is C24H21BrN4O3. The maximum Gasteiger partial charge on any atom is 0.421 e. The zero-order valence-corrected chi connectivity index (χ0v) is 18.9. The van der Waals surface area contributed by atoms with Crippen LogP contribution in [0.1, 0.15) is 15.9 Å². The minimum absolute atomic E-state index is 0.111. The second-order valence-electron chi connectivity index (χ2n) is 7.75. The van der Waals surface area contributed by atoms with E-state index in [0.717, 1.165) is 36.5 Å². The quantitative estimate of drug-likeness (QED) is 0.395. The highest BCUT2D eigenvalue weighted by Crippen LogP contribution is 2.20. The summed E-state index contributed by atoms with van der Waals surface area (Å²) in [7, 11) is 0. The molecule has 1 fully saturated rings. The van der Waals surface area contributed by atoms with Crippen molar-refractivity contribution in [2.24, 2.45) is 0 Å². The number of carbonyl (C=O) groups is 1. The second kappa shape index (κ2) is 8.72. The van der Waals surface area contributed by atoms with Crippen LogP contribution in [-0.2, 0) is 6.67 Å². The Kier molecular flexibility index (Phi) is 5.63. The van der Waals surface area contributed by atoms with E-state index in [1.807, 2.05) is 30.3 Å². The molecule has 0 atom stereocenters.